The van der Waals surface area contributed by atoms with E-state index < -0.39 is 17.7 Å². The predicted molar refractivity (Wildman–Crippen MR) is 101 cm³/mol. The molecule has 1 fully saturated rings. The van der Waals surface area contributed by atoms with Gasteiger partial charge in [0.05, 0.1) is 11.2 Å². The number of likely N-dealkylation sites (tertiary alicyclic amines) is 1. The number of carbonyl (C=O) groups excluding carboxylic acids is 2. The van der Waals surface area contributed by atoms with E-state index in [4.69, 9.17) is 4.74 Å². The lowest BCUT2D eigenvalue weighted by Gasteiger charge is -2.28. The largest absolute Gasteiger partial charge is 0.444 e. The van der Waals surface area contributed by atoms with Gasteiger partial charge in [0, 0.05) is 18.1 Å². The lowest BCUT2D eigenvalue weighted by molar-refractivity contribution is -0.120. The van der Waals surface area contributed by atoms with Gasteiger partial charge in [0.1, 0.15) is 11.6 Å². The number of rotatable bonds is 2. The van der Waals surface area contributed by atoms with Crippen LogP contribution in [0, 0.1) is 6.92 Å². The van der Waals surface area contributed by atoms with Crippen LogP contribution in [0.3, 0.4) is 0 Å². The molecule has 6 heteroatoms. The zero-order valence-electron chi connectivity index (χ0n) is 15.7. The van der Waals surface area contributed by atoms with E-state index in [0.29, 0.717) is 18.7 Å². The SMILES string of the molecule is Cc1ccc(NC(=O)[C@@H]2CCCN2C(=O)OC(C)(C)C)c2cccnc12. The molecule has 26 heavy (non-hydrogen) atoms. The molecule has 1 saturated heterocycles. The third kappa shape index (κ3) is 3.79. The number of nitrogens with one attached hydrogen (secondary N) is 1. The van der Waals surface area contributed by atoms with Gasteiger partial charge in [-0.15, -0.1) is 0 Å². The highest BCUT2D eigenvalue weighted by Gasteiger charge is 2.36. The molecule has 0 radical (unpaired) electrons. The predicted octanol–water partition coefficient (Wildman–Crippen LogP) is 3.88. The first-order valence-corrected chi connectivity index (χ1v) is 8.91. The van der Waals surface area contributed by atoms with Gasteiger partial charge in [-0.3, -0.25) is 14.7 Å². The third-order valence-electron chi connectivity index (χ3n) is 4.41. The van der Waals surface area contributed by atoms with Crippen molar-refractivity contribution >= 4 is 28.6 Å². The zero-order valence-corrected chi connectivity index (χ0v) is 15.7. The second-order valence-electron chi connectivity index (χ2n) is 7.65. The fourth-order valence-corrected chi connectivity index (χ4v) is 3.22. The van der Waals surface area contributed by atoms with Crippen LogP contribution < -0.4 is 5.32 Å². The average Bonchev–Trinajstić information content (AvgIpc) is 3.06. The number of carbonyl (C=O) groups is 2. The summed E-state index contributed by atoms with van der Waals surface area (Å²) in [4.78, 5) is 31.2. The van der Waals surface area contributed by atoms with Gasteiger partial charge in [0.2, 0.25) is 5.91 Å². The van der Waals surface area contributed by atoms with Crippen molar-refractivity contribution < 1.29 is 14.3 Å². The summed E-state index contributed by atoms with van der Waals surface area (Å²) in [5.74, 6) is -0.192. The summed E-state index contributed by atoms with van der Waals surface area (Å²) >= 11 is 0. The second kappa shape index (κ2) is 6.94. The van der Waals surface area contributed by atoms with Crippen molar-refractivity contribution in [2.45, 2.75) is 52.2 Å². The smallest absolute Gasteiger partial charge is 0.410 e. The van der Waals surface area contributed by atoms with Gasteiger partial charge in [0.15, 0.2) is 0 Å². The van der Waals surface area contributed by atoms with Crippen molar-refractivity contribution in [1.29, 1.82) is 0 Å². The number of amides is 2. The highest BCUT2D eigenvalue weighted by Crippen LogP contribution is 2.27. The maximum Gasteiger partial charge on any atom is 0.410 e. The molecule has 0 unspecified atom stereocenters. The Kier molecular flexibility index (Phi) is 4.85. The van der Waals surface area contributed by atoms with Crippen LogP contribution >= 0.6 is 0 Å². The molecule has 1 N–H and O–H groups in total. The van der Waals surface area contributed by atoms with E-state index in [-0.39, 0.29) is 5.91 Å². The van der Waals surface area contributed by atoms with Crippen LogP contribution in [-0.4, -0.2) is 40.1 Å². The fraction of sp³-hybridized carbons (Fsp3) is 0.450. The lowest BCUT2D eigenvalue weighted by Crippen LogP contribution is -2.45. The number of fused-ring (bicyclic) bond motifs is 1. The van der Waals surface area contributed by atoms with Crippen LogP contribution in [-0.2, 0) is 9.53 Å². The molecule has 1 atom stereocenters. The number of aromatic nitrogens is 1. The van der Waals surface area contributed by atoms with Gasteiger partial charge >= 0.3 is 6.09 Å². The van der Waals surface area contributed by atoms with Gasteiger partial charge in [0.25, 0.3) is 0 Å². The summed E-state index contributed by atoms with van der Waals surface area (Å²) in [5, 5.41) is 3.86. The summed E-state index contributed by atoms with van der Waals surface area (Å²) in [6.07, 6.45) is 2.72. The molecule has 2 amide bonds. The van der Waals surface area contributed by atoms with Crippen molar-refractivity contribution in [1.82, 2.24) is 9.88 Å². The molecular weight excluding hydrogens is 330 g/mol. The fourth-order valence-electron chi connectivity index (χ4n) is 3.22. The van der Waals surface area contributed by atoms with Crippen molar-refractivity contribution in [2.24, 2.45) is 0 Å². The highest BCUT2D eigenvalue weighted by molar-refractivity contribution is 6.04. The molecule has 1 aromatic carbocycles. The Hall–Kier alpha value is -2.63. The first-order valence-electron chi connectivity index (χ1n) is 8.91. The molecule has 1 aromatic heterocycles. The summed E-state index contributed by atoms with van der Waals surface area (Å²) in [7, 11) is 0. The molecule has 0 bridgehead atoms. The van der Waals surface area contributed by atoms with Gasteiger partial charge in [-0.1, -0.05) is 6.07 Å². The van der Waals surface area contributed by atoms with E-state index >= 15 is 0 Å². The molecular formula is C20H25N3O3. The van der Waals surface area contributed by atoms with Crippen molar-refractivity contribution in [2.75, 3.05) is 11.9 Å². The Morgan fingerprint density at radius 3 is 2.77 bits per heavy atom. The van der Waals surface area contributed by atoms with E-state index in [0.717, 1.165) is 22.9 Å². The minimum Gasteiger partial charge on any atom is -0.444 e. The summed E-state index contributed by atoms with van der Waals surface area (Å²) in [6.45, 7) is 7.98. The van der Waals surface area contributed by atoms with E-state index in [1.165, 1.54) is 4.90 Å². The van der Waals surface area contributed by atoms with Crippen LogP contribution in [0.2, 0.25) is 0 Å². The molecule has 1 aliphatic rings. The summed E-state index contributed by atoms with van der Waals surface area (Å²) in [5.41, 5.74) is 2.04. The van der Waals surface area contributed by atoms with Gasteiger partial charge in [-0.2, -0.15) is 0 Å². The monoisotopic (exact) mass is 355 g/mol. The summed E-state index contributed by atoms with van der Waals surface area (Å²) in [6, 6.07) is 7.08. The Labute approximate surface area is 153 Å². The van der Waals surface area contributed by atoms with Crippen LogP contribution in [0.1, 0.15) is 39.2 Å². The van der Waals surface area contributed by atoms with Crippen LogP contribution in [0.25, 0.3) is 10.9 Å². The quantitative estimate of drug-likeness (QED) is 0.887. The second-order valence-corrected chi connectivity index (χ2v) is 7.65. The number of aryl methyl sites for hydroxylation is 1. The van der Waals surface area contributed by atoms with Crippen LogP contribution in [0.5, 0.6) is 0 Å². The van der Waals surface area contributed by atoms with E-state index in [2.05, 4.69) is 10.3 Å². The van der Waals surface area contributed by atoms with Crippen molar-refractivity contribution in [3.63, 3.8) is 0 Å². The first-order chi connectivity index (χ1) is 12.3. The maximum atomic E-state index is 12.8. The molecule has 2 aromatic rings. The maximum absolute atomic E-state index is 12.8. The molecule has 0 aliphatic carbocycles. The molecule has 1 aliphatic heterocycles. The van der Waals surface area contributed by atoms with E-state index in [1.54, 1.807) is 6.20 Å². The van der Waals surface area contributed by atoms with Gasteiger partial charge < -0.3 is 10.1 Å². The minimum atomic E-state index is -0.584. The van der Waals surface area contributed by atoms with Crippen molar-refractivity contribution in [3.05, 3.63) is 36.0 Å². The lowest BCUT2D eigenvalue weighted by atomic mass is 10.1. The molecule has 0 spiro atoms. The number of hydrogen-bond acceptors (Lipinski definition) is 4. The van der Waals surface area contributed by atoms with Crippen molar-refractivity contribution in [3.8, 4) is 0 Å². The minimum absolute atomic E-state index is 0.192. The normalized spacial score (nSPS) is 17.4. The highest BCUT2D eigenvalue weighted by atomic mass is 16.6. The Balaban J connectivity index is 1.80. The molecule has 138 valence electrons. The standard InChI is InChI=1S/C20H25N3O3/c1-13-9-10-15(14-7-5-11-21-17(13)14)22-18(24)16-8-6-12-23(16)19(25)26-20(2,3)4/h5,7,9-11,16H,6,8,12H2,1-4H3,(H,22,24)/t16-/m0/s1. The number of hydrogen-bond donors (Lipinski definition) is 1. The third-order valence-corrected chi connectivity index (χ3v) is 4.41. The Morgan fingerprint density at radius 2 is 2.04 bits per heavy atom. The molecule has 3 rings (SSSR count). The zero-order chi connectivity index (χ0) is 18.9. The van der Waals surface area contributed by atoms with Crippen LogP contribution in [0.15, 0.2) is 30.5 Å². The van der Waals surface area contributed by atoms with Gasteiger partial charge in [-0.05, 0) is 64.3 Å². The number of anilines is 1. The number of ether oxygens (including phenoxy) is 1. The van der Waals surface area contributed by atoms with Crippen LogP contribution in [0.4, 0.5) is 10.5 Å². The van der Waals surface area contributed by atoms with E-state index in [9.17, 15) is 9.59 Å². The Bertz CT molecular complexity index is 842. The number of pyridine rings is 1. The number of benzene rings is 1. The molecule has 2 heterocycles. The van der Waals surface area contributed by atoms with Gasteiger partial charge in [-0.25, -0.2) is 4.79 Å². The van der Waals surface area contributed by atoms with E-state index in [1.807, 2.05) is 52.0 Å². The molecule has 0 saturated carbocycles. The molecule has 6 nitrogen and oxygen atoms in total. The average molecular weight is 355 g/mol. The first kappa shape index (κ1) is 18.2. The Morgan fingerprint density at radius 1 is 1.27 bits per heavy atom. The topological polar surface area (TPSA) is 71.5 Å². The summed E-state index contributed by atoms with van der Waals surface area (Å²) < 4.78 is 5.44. The number of nitrogens with zero attached hydrogens (tertiary/aromatic N) is 2.